The van der Waals surface area contributed by atoms with Crippen molar-refractivity contribution in [3.63, 3.8) is 0 Å². The minimum absolute atomic E-state index is 0. The molecule has 1 aliphatic carbocycles. The fraction of sp³-hybridized carbons (Fsp3) is 0.625. The van der Waals surface area contributed by atoms with Crippen molar-refractivity contribution in [2.45, 2.75) is 32.2 Å². The quantitative estimate of drug-likeness (QED) is 0.901. The molecule has 0 radical (unpaired) electrons. The smallest absolute Gasteiger partial charge is 0.129 e. The van der Waals surface area contributed by atoms with Crippen molar-refractivity contribution in [3.8, 4) is 0 Å². The van der Waals surface area contributed by atoms with E-state index in [9.17, 15) is 4.39 Å². The molecule has 0 unspecified atom stereocenters. The zero-order valence-electron chi connectivity index (χ0n) is 12.4. The van der Waals surface area contributed by atoms with Crippen LogP contribution in [0.1, 0.15) is 36.4 Å². The van der Waals surface area contributed by atoms with Crippen LogP contribution >= 0.6 is 24.0 Å². The van der Waals surface area contributed by atoms with Gasteiger partial charge in [-0.05, 0) is 37.3 Å². The Kier molecular flexibility index (Phi) is 5.89. The lowest BCUT2D eigenvalue weighted by molar-refractivity contribution is 0.0812. The van der Waals surface area contributed by atoms with E-state index in [4.69, 9.17) is 11.6 Å². The van der Waals surface area contributed by atoms with Crippen LogP contribution in [0.5, 0.6) is 0 Å². The summed E-state index contributed by atoms with van der Waals surface area (Å²) in [7, 11) is 0. The van der Waals surface area contributed by atoms with Crippen LogP contribution in [0.15, 0.2) is 12.1 Å². The molecular weight excluding hydrogens is 310 g/mol. The molecule has 2 nitrogen and oxygen atoms in total. The highest BCUT2D eigenvalue weighted by molar-refractivity contribution is 6.32. The van der Waals surface area contributed by atoms with Crippen LogP contribution in [0, 0.1) is 18.7 Å². The van der Waals surface area contributed by atoms with E-state index < -0.39 is 0 Å². The van der Waals surface area contributed by atoms with Crippen LogP contribution in [-0.2, 0) is 0 Å². The van der Waals surface area contributed by atoms with Gasteiger partial charge in [0.2, 0.25) is 0 Å². The van der Waals surface area contributed by atoms with Crippen molar-refractivity contribution in [2.24, 2.45) is 5.92 Å². The van der Waals surface area contributed by atoms with Gasteiger partial charge in [-0.15, -0.1) is 12.4 Å². The third kappa shape index (κ3) is 3.37. The summed E-state index contributed by atoms with van der Waals surface area (Å²) in [5.41, 5.74) is 1.71. The summed E-state index contributed by atoms with van der Waals surface area (Å²) in [6.45, 7) is 5.87. The van der Waals surface area contributed by atoms with Crippen LogP contribution in [0.25, 0.3) is 0 Å². The van der Waals surface area contributed by atoms with Crippen molar-refractivity contribution in [2.75, 3.05) is 26.2 Å². The predicted molar refractivity (Wildman–Crippen MR) is 87.9 cm³/mol. The maximum atomic E-state index is 14.4. The number of halogens is 3. The molecule has 1 saturated heterocycles. The number of hydrogen-bond donors (Lipinski definition) is 1. The van der Waals surface area contributed by atoms with Gasteiger partial charge in [0, 0.05) is 37.8 Å². The van der Waals surface area contributed by atoms with Gasteiger partial charge in [0.25, 0.3) is 0 Å². The van der Waals surface area contributed by atoms with Gasteiger partial charge in [-0.2, -0.15) is 0 Å². The summed E-state index contributed by atoms with van der Waals surface area (Å²) in [5.74, 6) is 0.415. The Morgan fingerprint density at radius 2 is 1.95 bits per heavy atom. The lowest BCUT2D eigenvalue weighted by atomic mass is 9.76. The lowest BCUT2D eigenvalue weighted by Crippen LogP contribution is -2.48. The van der Waals surface area contributed by atoms with Crippen molar-refractivity contribution in [1.82, 2.24) is 10.2 Å². The summed E-state index contributed by atoms with van der Waals surface area (Å²) in [6.07, 6.45) is 3.65. The maximum absolute atomic E-state index is 14.4. The van der Waals surface area contributed by atoms with E-state index in [0.29, 0.717) is 10.9 Å². The van der Waals surface area contributed by atoms with Crippen LogP contribution < -0.4 is 5.32 Å². The normalized spacial score (nSPS) is 21.5. The molecule has 2 aliphatic rings. The van der Waals surface area contributed by atoms with E-state index >= 15 is 0 Å². The molecule has 118 valence electrons. The van der Waals surface area contributed by atoms with Crippen molar-refractivity contribution in [1.29, 1.82) is 0 Å². The van der Waals surface area contributed by atoms with Gasteiger partial charge in [0.15, 0.2) is 0 Å². The average Bonchev–Trinajstić information content (AvgIpc) is 2.41. The van der Waals surface area contributed by atoms with Gasteiger partial charge in [-0.25, -0.2) is 4.39 Å². The average molecular weight is 333 g/mol. The van der Waals surface area contributed by atoms with Crippen molar-refractivity contribution in [3.05, 3.63) is 34.1 Å². The molecule has 1 heterocycles. The molecule has 5 heteroatoms. The summed E-state index contributed by atoms with van der Waals surface area (Å²) in [4.78, 5) is 2.42. The molecular formula is C16H23Cl2FN2. The number of benzene rings is 1. The molecule has 1 aromatic rings. The van der Waals surface area contributed by atoms with Gasteiger partial charge < -0.3 is 5.32 Å². The predicted octanol–water partition coefficient (Wildman–Crippen LogP) is 3.96. The van der Waals surface area contributed by atoms with Crippen LogP contribution in [0.4, 0.5) is 4.39 Å². The van der Waals surface area contributed by atoms with E-state index in [0.717, 1.165) is 37.3 Å². The Balaban J connectivity index is 0.00000161. The molecule has 1 saturated carbocycles. The third-order valence-corrected chi connectivity index (χ3v) is 5.26. The molecule has 0 aromatic heterocycles. The second-order valence-electron chi connectivity index (χ2n) is 6.01. The highest BCUT2D eigenvalue weighted by Crippen LogP contribution is 2.45. The molecule has 0 spiro atoms. The van der Waals surface area contributed by atoms with Crippen LogP contribution in [0.2, 0.25) is 5.02 Å². The number of piperazine rings is 1. The molecule has 0 bridgehead atoms. The molecule has 1 N–H and O–H groups in total. The van der Waals surface area contributed by atoms with Crippen LogP contribution in [-0.4, -0.2) is 31.1 Å². The zero-order chi connectivity index (χ0) is 14.1. The number of hydrogen-bond acceptors (Lipinski definition) is 2. The fourth-order valence-electron chi connectivity index (χ4n) is 3.38. The molecule has 0 amide bonds. The van der Waals surface area contributed by atoms with Gasteiger partial charge in [-0.1, -0.05) is 24.1 Å². The summed E-state index contributed by atoms with van der Waals surface area (Å²) in [6, 6.07) is 3.50. The molecule has 3 rings (SSSR count). The number of nitrogens with zero attached hydrogens (tertiary/aromatic N) is 1. The highest BCUT2D eigenvalue weighted by Gasteiger charge is 2.36. The molecule has 1 aliphatic heterocycles. The molecule has 1 atom stereocenters. The minimum atomic E-state index is -0.143. The zero-order valence-corrected chi connectivity index (χ0v) is 13.9. The second kappa shape index (κ2) is 7.28. The molecule has 21 heavy (non-hydrogen) atoms. The number of aryl methyl sites for hydroxylation is 1. The van der Waals surface area contributed by atoms with E-state index in [2.05, 4.69) is 10.2 Å². The SMILES string of the molecule is Cc1ccc(F)c([C@@H](C2CCC2)N2CCNCC2)c1Cl.Cl. The van der Waals surface area contributed by atoms with Gasteiger partial charge in [0.05, 0.1) is 5.02 Å². The third-order valence-electron chi connectivity index (χ3n) is 4.76. The first-order valence-corrected chi connectivity index (χ1v) is 7.95. The lowest BCUT2D eigenvalue weighted by Gasteiger charge is -2.43. The summed E-state index contributed by atoms with van der Waals surface area (Å²) in [5, 5.41) is 3.99. The van der Waals surface area contributed by atoms with Crippen molar-refractivity contribution < 1.29 is 4.39 Å². The van der Waals surface area contributed by atoms with Gasteiger partial charge >= 0.3 is 0 Å². The van der Waals surface area contributed by atoms with E-state index in [1.165, 1.54) is 19.3 Å². The Labute approximate surface area is 137 Å². The second-order valence-corrected chi connectivity index (χ2v) is 6.39. The van der Waals surface area contributed by atoms with E-state index in [-0.39, 0.29) is 24.3 Å². The highest BCUT2D eigenvalue weighted by atomic mass is 35.5. The maximum Gasteiger partial charge on any atom is 0.129 e. The van der Waals surface area contributed by atoms with E-state index in [1.54, 1.807) is 12.1 Å². The minimum Gasteiger partial charge on any atom is -0.314 e. The standard InChI is InChI=1S/C16H22ClFN2.ClH/c1-11-5-6-13(18)14(15(11)17)16(12-3-2-4-12)20-9-7-19-8-10-20;/h5-6,12,16,19H,2-4,7-10H2,1H3;1H/t16-;/m1./s1. The van der Waals surface area contributed by atoms with E-state index in [1.807, 2.05) is 6.92 Å². The monoisotopic (exact) mass is 332 g/mol. The topological polar surface area (TPSA) is 15.3 Å². The first-order chi connectivity index (χ1) is 9.68. The van der Waals surface area contributed by atoms with Crippen LogP contribution in [0.3, 0.4) is 0 Å². The number of nitrogens with one attached hydrogen (secondary N) is 1. The molecule has 1 aromatic carbocycles. The molecule has 2 fully saturated rings. The fourth-order valence-corrected chi connectivity index (χ4v) is 3.65. The summed E-state index contributed by atoms with van der Waals surface area (Å²) >= 11 is 6.46. The van der Waals surface area contributed by atoms with Gasteiger partial charge in [-0.3, -0.25) is 4.90 Å². The Hall–Kier alpha value is -0.350. The Morgan fingerprint density at radius 1 is 1.29 bits per heavy atom. The summed E-state index contributed by atoms with van der Waals surface area (Å²) < 4.78 is 14.4. The first-order valence-electron chi connectivity index (χ1n) is 7.57. The number of rotatable bonds is 3. The Morgan fingerprint density at radius 3 is 2.52 bits per heavy atom. The Bertz CT molecular complexity index is 485. The van der Waals surface area contributed by atoms with Gasteiger partial charge in [0.1, 0.15) is 5.82 Å². The first kappa shape index (κ1) is 17.0. The van der Waals surface area contributed by atoms with Crippen molar-refractivity contribution >= 4 is 24.0 Å². The largest absolute Gasteiger partial charge is 0.314 e.